The first kappa shape index (κ1) is 20.7. The molecule has 1 aliphatic rings. The molecular formula is C24H24ClN3OS. The molecule has 1 aromatic carbocycles. The van der Waals surface area contributed by atoms with Gasteiger partial charge in [0, 0.05) is 26.6 Å². The van der Waals surface area contributed by atoms with E-state index >= 15 is 0 Å². The molecule has 6 heteroatoms. The fraction of sp³-hybridized carbons (Fsp3) is 0.333. The minimum atomic E-state index is 0.341. The minimum Gasteiger partial charge on any atom is -0.487 e. The lowest BCUT2D eigenvalue weighted by molar-refractivity contribution is 0.306. The molecular weight excluding hydrogens is 414 g/mol. The summed E-state index contributed by atoms with van der Waals surface area (Å²) in [5.74, 6) is 1.02. The van der Waals surface area contributed by atoms with E-state index in [1.807, 2.05) is 24.3 Å². The van der Waals surface area contributed by atoms with E-state index in [0.717, 1.165) is 53.8 Å². The van der Waals surface area contributed by atoms with Gasteiger partial charge in [0.15, 0.2) is 0 Å². The van der Waals surface area contributed by atoms with Crippen LogP contribution < -0.4 is 10.5 Å². The van der Waals surface area contributed by atoms with Crippen molar-refractivity contribution in [3.63, 3.8) is 0 Å². The first-order valence-electron chi connectivity index (χ1n) is 10.3. The Labute approximate surface area is 186 Å². The average molecular weight is 438 g/mol. The van der Waals surface area contributed by atoms with Crippen molar-refractivity contribution in [2.75, 3.05) is 5.73 Å². The van der Waals surface area contributed by atoms with Crippen LogP contribution in [0.25, 0.3) is 10.4 Å². The molecule has 0 unspecified atom stereocenters. The second-order valence-electron chi connectivity index (χ2n) is 7.48. The number of para-hydroxylation sites is 1. The Kier molecular flexibility index (Phi) is 6.26. The third-order valence-electron chi connectivity index (χ3n) is 5.55. The number of anilines is 1. The highest BCUT2D eigenvalue weighted by Gasteiger charge is 2.23. The summed E-state index contributed by atoms with van der Waals surface area (Å²) in [5.41, 5.74) is 11.1. The van der Waals surface area contributed by atoms with Crippen LogP contribution in [0.15, 0.2) is 30.3 Å². The molecule has 0 spiro atoms. The molecule has 3 aromatic rings. The van der Waals surface area contributed by atoms with Gasteiger partial charge in [-0.3, -0.25) is 0 Å². The van der Waals surface area contributed by atoms with Crippen LogP contribution in [0, 0.1) is 11.3 Å². The van der Waals surface area contributed by atoms with Gasteiger partial charge < -0.3 is 10.5 Å². The molecule has 1 aliphatic carbocycles. The van der Waals surface area contributed by atoms with E-state index in [9.17, 15) is 5.26 Å². The van der Waals surface area contributed by atoms with E-state index in [4.69, 9.17) is 22.1 Å². The molecule has 30 heavy (non-hydrogen) atoms. The Bertz CT molecular complexity index is 1120. The number of halogens is 1. The maximum Gasteiger partial charge on any atom is 0.142 e. The molecule has 4 nitrogen and oxygen atoms in total. The maximum atomic E-state index is 9.84. The molecule has 2 N–H and O–H groups in total. The Morgan fingerprint density at radius 1 is 1.23 bits per heavy atom. The van der Waals surface area contributed by atoms with Crippen LogP contribution >= 0.6 is 22.9 Å². The monoisotopic (exact) mass is 437 g/mol. The van der Waals surface area contributed by atoms with Gasteiger partial charge in [-0.15, -0.1) is 11.3 Å². The number of aryl methyl sites for hydroxylation is 2. The Balaban J connectivity index is 1.76. The highest BCUT2D eigenvalue weighted by Crippen LogP contribution is 2.40. The molecule has 0 atom stereocenters. The number of fused-ring (bicyclic) bond motifs is 1. The molecule has 2 aromatic heterocycles. The van der Waals surface area contributed by atoms with Gasteiger partial charge in [-0.1, -0.05) is 37.1 Å². The lowest BCUT2D eigenvalue weighted by Gasteiger charge is -2.14. The number of nitrogens with zero attached hydrogens (tertiary/aromatic N) is 2. The summed E-state index contributed by atoms with van der Waals surface area (Å²) in [4.78, 5) is 6.91. The number of ether oxygens (including phenoxy) is 1. The van der Waals surface area contributed by atoms with Crippen LogP contribution in [0.4, 0.5) is 5.82 Å². The molecule has 0 bridgehead atoms. The second kappa shape index (κ2) is 9.07. The van der Waals surface area contributed by atoms with E-state index < -0.39 is 0 Å². The zero-order chi connectivity index (χ0) is 21.1. The molecule has 2 heterocycles. The highest BCUT2D eigenvalue weighted by atomic mass is 35.5. The summed E-state index contributed by atoms with van der Waals surface area (Å²) in [7, 11) is 0. The van der Waals surface area contributed by atoms with E-state index in [1.54, 1.807) is 11.3 Å². The van der Waals surface area contributed by atoms with Gasteiger partial charge in [0.05, 0.1) is 5.02 Å². The molecule has 154 valence electrons. The molecule has 4 rings (SSSR count). The molecule has 0 saturated heterocycles. The number of rotatable bonds is 5. The first-order chi connectivity index (χ1) is 14.6. The van der Waals surface area contributed by atoms with Crippen molar-refractivity contribution in [2.24, 2.45) is 0 Å². The summed E-state index contributed by atoms with van der Waals surface area (Å²) in [5, 5.41) is 10.4. The van der Waals surface area contributed by atoms with Crippen molar-refractivity contribution in [1.82, 2.24) is 4.98 Å². The van der Waals surface area contributed by atoms with Gasteiger partial charge in [-0.25, -0.2) is 4.98 Å². The third kappa shape index (κ3) is 4.03. The number of benzene rings is 1. The largest absolute Gasteiger partial charge is 0.487 e. The van der Waals surface area contributed by atoms with Crippen LogP contribution in [0.2, 0.25) is 5.02 Å². The third-order valence-corrected chi connectivity index (χ3v) is 7.20. The van der Waals surface area contributed by atoms with Crippen LogP contribution in [-0.4, -0.2) is 4.98 Å². The number of thiophene rings is 1. The standard InChI is InChI=1S/C24H24ClN3OS/c1-2-21-15(14-29-20-11-7-6-9-18(20)25)12-22(30-21)23-16-8-4-3-5-10-19(16)28-24(27)17(23)13-26/h6-7,9,11-12H,2-5,8,10,14H2,1H3,(H2,27,28). The van der Waals surface area contributed by atoms with Gasteiger partial charge in [0.1, 0.15) is 29.8 Å². The van der Waals surface area contributed by atoms with E-state index in [1.165, 1.54) is 16.9 Å². The lowest BCUT2D eigenvalue weighted by Crippen LogP contribution is -2.06. The quantitative estimate of drug-likeness (QED) is 0.473. The van der Waals surface area contributed by atoms with E-state index in [0.29, 0.717) is 28.8 Å². The van der Waals surface area contributed by atoms with Gasteiger partial charge in [-0.05, 0) is 55.9 Å². The first-order valence-corrected chi connectivity index (χ1v) is 11.5. The summed E-state index contributed by atoms with van der Waals surface area (Å²) in [6.07, 6.45) is 6.18. The molecule has 0 aliphatic heterocycles. The normalized spacial score (nSPS) is 13.4. The average Bonchev–Trinajstić information content (AvgIpc) is 3.02. The van der Waals surface area contributed by atoms with Crippen molar-refractivity contribution in [1.29, 1.82) is 5.26 Å². The summed E-state index contributed by atoms with van der Waals surface area (Å²) >= 11 is 7.96. The smallest absolute Gasteiger partial charge is 0.142 e. The van der Waals surface area contributed by atoms with Crippen LogP contribution in [0.1, 0.15) is 53.4 Å². The highest BCUT2D eigenvalue weighted by molar-refractivity contribution is 7.15. The van der Waals surface area contributed by atoms with E-state index in [2.05, 4.69) is 24.0 Å². The Hall–Kier alpha value is -2.55. The predicted molar refractivity (Wildman–Crippen MR) is 123 cm³/mol. The van der Waals surface area contributed by atoms with Crippen molar-refractivity contribution < 1.29 is 4.74 Å². The van der Waals surface area contributed by atoms with Gasteiger partial charge in [-0.2, -0.15) is 5.26 Å². The van der Waals surface area contributed by atoms with Gasteiger partial charge in [0.25, 0.3) is 0 Å². The number of nitriles is 1. The fourth-order valence-corrected chi connectivity index (χ4v) is 5.43. The molecule has 0 radical (unpaired) electrons. The van der Waals surface area contributed by atoms with E-state index in [-0.39, 0.29) is 0 Å². The summed E-state index contributed by atoms with van der Waals surface area (Å²) < 4.78 is 6.00. The molecule has 0 amide bonds. The topological polar surface area (TPSA) is 71.9 Å². The Morgan fingerprint density at radius 3 is 2.80 bits per heavy atom. The van der Waals surface area contributed by atoms with Crippen molar-refractivity contribution in [3.8, 4) is 22.3 Å². The number of pyridine rings is 1. The fourth-order valence-electron chi connectivity index (χ4n) is 4.05. The number of aromatic nitrogens is 1. The summed E-state index contributed by atoms with van der Waals surface area (Å²) in [6, 6.07) is 12.0. The second-order valence-corrected chi connectivity index (χ2v) is 9.02. The van der Waals surface area contributed by atoms with Crippen molar-refractivity contribution in [2.45, 2.75) is 52.1 Å². The molecule has 0 saturated carbocycles. The van der Waals surface area contributed by atoms with Crippen molar-refractivity contribution >= 4 is 28.8 Å². The zero-order valence-corrected chi connectivity index (χ0v) is 18.6. The van der Waals surface area contributed by atoms with Gasteiger partial charge >= 0.3 is 0 Å². The minimum absolute atomic E-state index is 0.341. The Morgan fingerprint density at radius 2 is 2.03 bits per heavy atom. The number of hydrogen-bond acceptors (Lipinski definition) is 5. The number of hydrogen-bond donors (Lipinski definition) is 1. The number of nitrogens with two attached hydrogens (primary N) is 1. The molecule has 0 fully saturated rings. The maximum absolute atomic E-state index is 9.84. The van der Waals surface area contributed by atoms with Gasteiger partial charge in [0.2, 0.25) is 0 Å². The number of nitrogen functional groups attached to an aromatic ring is 1. The SMILES string of the molecule is CCc1sc(-c2c(C#N)c(N)nc3c2CCCCC3)cc1COc1ccccc1Cl. The zero-order valence-electron chi connectivity index (χ0n) is 17.0. The van der Waals surface area contributed by atoms with Crippen LogP contribution in [0.5, 0.6) is 5.75 Å². The lowest BCUT2D eigenvalue weighted by atomic mass is 9.95. The summed E-state index contributed by atoms with van der Waals surface area (Å²) in [6.45, 7) is 2.58. The van der Waals surface area contributed by atoms with Crippen LogP contribution in [0.3, 0.4) is 0 Å². The predicted octanol–water partition coefficient (Wildman–Crippen LogP) is 6.33. The van der Waals surface area contributed by atoms with Crippen molar-refractivity contribution in [3.05, 3.63) is 62.6 Å². The van der Waals surface area contributed by atoms with Crippen LogP contribution in [-0.2, 0) is 25.9 Å².